The Bertz CT molecular complexity index is 242. The molecule has 1 saturated heterocycles. The normalized spacial score (nSPS) is 36.0. The Hall–Kier alpha value is -1.03. The van der Waals surface area contributed by atoms with E-state index in [1.54, 1.807) is 13.8 Å². The van der Waals surface area contributed by atoms with Crippen LogP contribution >= 0.6 is 0 Å². The largest absolute Gasteiger partial charge is 0.492 e. The number of ether oxygens (including phenoxy) is 2. The number of carbonyl (C=O) groups is 1. The third-order valence-electron chi connectivity index (χ3n) is 2.22. The highest BCUT2D eigenvalue weighted by Gasteiger charge is 2.38. The number of carbonyl (C=O) groups excluding carboxylic acids is 1. The van der Waals surface area contributed by atoms with Gasteiger partial charge in [-0.3, -0.25) is 0 Å². The Labute approximate surface area is 77.1 Å². The van der Waals surface area contributed by atoms with Gasteiger partial charge < -0.3 is 14.6 Å². The van der Waals surface area contributed by atoms with E-state index in [-0.39, 0.29) is 6.10 Å². The van der Waals surface area contributed by atoms with Crippen molar-refractivity contribution in [1.82, 2.24) is 0 Å². The summed E-state index contributed by atoms with van der Waals surface area (Å²) in [5.41, 5.74) is -0.889. The molecule has 0 radical (unpaired) electrons. The van der Waals surface area contributed by atoms with Crippen molar-refractivity contribution in [3.05, 3.63) is 11.8 Å². The lowest BCUT2D eigenvalue weighted by Gasteiger charge is -2.18. The molecule has 0 spiro atoms. The Kier molecular flexibility index (Phi) is 2.61. The molecular formula is C9H14O4. The molecule has 0 bridgehead atoms. The molecule has 1 heterocycles. The summed E-state index contributed by atoms with van der Waals surface area (Å²) in [5.74, 6) is 0.0178. The molecule has 0 aromatic heterocycles. The molecule has 0 saturated carbocycles. The molecule has 1 fully saturated rings. The van der Waals surface area contributed by atoms with Gasteiger partial charge in [-0.2, -0.15) is 0 Å². The summed E-state index contributed by atoms with van der Waals surface area (Å²) in [7, 11) is 1.30. The third kappa shape index (κ3) is 2.21. The smallest absolute Gasteiger partial charge is 0.333 e. The van der Waals surface area contributed by atoms with E-state index in [2.05, 4.69) is 4.74 Å². The minimum absolute atomic E-state index is 0.289. The van der Waals surface area contributed by atoms with E-state index < -0.39 is 11.6 Å². The molecule has 0 amide bonds. The maximum atomic E-state index is 10.8. The number of rotatable bonds is 1. The molecule has 2 atom stereocenters. The quantitative estimate of drug-likeness (QED) is 0.481. The van der Waals surface area contributed by atoms with Crippen molar-refractivity contribution < 1.29 is 19.4 Å². The van der Waals surface area contributed by atoms with E-state index in [0.717, 1.165) is 0 Å². The number of hydrogen-bond donors (Lipinski definition) is 1. The maximum absolute atomic E-state index is 10.8. The zero-order valence-electron chi connectivity index (χ0n) is 8.03. The molecule has 1 aliphatic rings. The van der Waals surface area contributed by atoms with Gasteiger partial charge in [0, 0.05) is 6.42 Å². The van der Waals surface area contributed by atoms with Crippen LogP contribution in [0.15, 0.2) is 11.8 Å². The average Bonchev–Trinajstić information content (AvgIpc) is 2.25. The summed E-state index contributed by atoms with van der Waals surface area (Å²) >= 11 is 0. The van der Waals surface area contributed by atoms with Gasteiger partial charge in [0.05, 0.1) is 13.2 Å². The average molecular weight is 186 g/mol. The van der Waals surface area contributed by atoms with Gasteiger partial charge in [-0.25, -0.2) is 4.79 Å². The van der Waals surface area contributed by atoms with Crippen molar-refractivity contribution >= 4 is 5.97 Å². The molecule has 0 aliphatic carbocycles. The van der Waals surface area contributed by atoms with E-state index in [9.17, 15) is 9.90 Å². The van der Waals surface area contributed by atoms with Crippen molar-refractivity contribution in [3.63, 3.8) is 0 Å². The highest BCUT2D eigenvalue weighted by molar-refractivity contribution is 5.82. The molecule has 13 heavy (non-hydrogen) atoms. The fourth-order valence-corrected chi connectivity index (χ4v) is 1.17. The van der Waals surface area contributed by atoms with Crippen molar-refractivity contribution in [2.75, 3.05) is 7.11 Å². The minimum atomic E-state index is -0.889. The number of esters is 1. The van der Waals surface area contributed by atoms with Crippen molar-refractivity contribution in [2.24, 2.45) is 0 Å². The SMILES string of the molecule is COC(=O)/C=C1/CC(C)(O)[C@H](C)O1. The zero-order chi connectivity index (χ0) is 10.1. The van der Waals surface area contributed by atoms with Gasteiger partial charge in [0.15, 0.2) is 0 Å². The van der Waals surface area contributed by atoms with Crippen molar-refractivity contribution in [2.45, 2.75) is 32.0 Å². The van der Waals surface area contributed by atoms with Crippen LogP contribution in [-0.2, 0) is 14.3 Å². The number of aliphatic hydroxyl groups is 1. The molecule has 1 aliphatic heterocycles. The number of methoxy groups -OCH3 is 1. The van der Waals surface area contributed by atoms with E-state index >= 15 is 0 Å². The summed E-state index contributed by atoms with van der Waals surface area (Å²) in [6.07, 6.45) is 1.32. The van der Waals surface area contributed by atoms with Gasteiger partial charge >= 0.3 is 5.97 Å². The van der Waals surface area contributed by atoms with Gasteiger partial charge in [0.2, 0.25) is 0 Å². The lowest BCUT2D eigenvalue weighted by molar-refractivity contribution is -0.135. The topological polar surface area (TPSA) is 55.8 Å². The first-order chi connectivity index (χ1) is 5.95. The first kappa shape index (κ1) is 10.1. The lowest BCUT2D eigenvalue weighted by atomic mass is 9.99. The molecule has 1 rings (SSSR count). The minimum Gasteiger partial charge on any atom is -0.492 e. The molecule has 4 heteroatoms. The van der Waals surface area contributed by atoms with E-state index in [0.29, 0.717) is 12.2 Å². The molecule has 4 nitrogen and oxygen atoms in total. The van der Waals surface area contributed by atoms with Gasteiger partial charge in [0.25, 0.3) is 0 Å². The third-order valence-corrected chi connectivity index (χ3v) is 2.22. The summed E-state index contributed by atoms with van der Waals surface area (Å²) in [6, 6.07) is 0. The molecule has 1 N–H and O–H groups in total. The summed E-state index contributed by atoms with van der Waals surface area (Å²) in [5, 5.41) is 9.70. The van der Waals surface area contributed by atoms with Crippen LogP contribution in [-0.4, -0.2) is 29.9 Å². The van der Waals surface area contributed by atoms with Gasteiger partial charge in [-0.05, 0) is 13.8 Å². The van der Waals surface area contributed by atoms with Crippen LogP contribution in [0.3, 0.4) is 0 Å². The fraction of sp³-hybridized carbons (Fsp3) is 0.667. The Balaban J connectivity index is 2.68. The predicted molar refractivity (Wildman–Crippen MR) is 45.9 cm³/mol. The van der Waals surface area contributed by atoms with Gasteiger partial charge in [-0.15, -0.1) is 0 Å². The summed E-state index contributed by atoms with van der Waals surface area (Å²) < 4.78 is 9.70. The second kappa shape index (κ2) is 3.38. The van der Waals surface area contributed by atoms with Crippen LogP contribution in [0.1, 0.15) is 20.3 Å². The first-order valence-corrected chi connectivity index (χ1v) is 4.13. The molecule has 1 unspecified atom stereocenters. The van der Waals surface area contributed by atoms with E-state index in [1.165, 1.54) is 13.2 Å². The second-order valence-electron chi connectivity index (χ2n) is 3.43. The van der Waals surface area contributed by atoms with E-state index in [4.69, 9.17) is 4.74 Å². The first-order valence-electron chi connectivity index (χ1n) is 4.13. The second-order valence-corrected chi connectivity index (χ2v) is 3.43. The van der Waals surface area contributed by atoms with Crippen LogP contribution in [0.25, 0.3) is 0 Å². The van der Waals surface area contributed by atoms with Crippen molar-refractivity contribution in [3.8, 4) is 0 Å². The molecular weight excluding hydrogens is 172 g/mol. The van der Waals surface area contributed by atoms with Gasteiger partial charge in [0.1, 0.15) is 17.5 Å². The maximum Gasteiger partial charge on any atom is 0.333 e. The predicted octanol–water partition coefficient (Wildman–Crippen LogP) is 0.603. The Morgan fingerprint density at radius 1 is 1.85 bits per heavy atom. The Morgan fingerprint density at radius 3 is 2.85 bits per heavy atom. The van der Waals surface area contributed by atoms with Crippen molar-refractivity contribution in [1.29, 1.82) is 0 Å². The highest BCUT2D eigenvalue weighted by atomic mass is 16.5. The summed E-state index contributed by atoms with van der Waals surface area (Å²) in [6.45, 7) is 3.44. The Morgan fingerprint density at radius 2 is 2.46 bits per heavy atom. The fourth-order valence-electron chi connectivity index (χ4n) is 1.17. The van der Waals surface area contributed by atoms with Crippen LogP contribution in [0, 0.1) is 0 Å². The molecule has 0 aromatic carbocycles. The van der Waals surface area contributed by atoms with Crippen LogP contribution in [0.5, 0.6) is 0 Å². The number of hydrogen-bond acceptors (Lipinski definition) is 4. The molecule has 0 aromatic rings. The monoisotopic (exact) mass is 186 g/mol. The van der Waals surface area contributed by atoms with Crippen LogP contribution in [0.2, 0.25) is 0 Å². The highest BCUT2D eigenvalue weighted by Crippen LogP contribution is 2.32. The molecule has 74 valence electrons. The zero-order valence-corrected chi connectivity index (χ0v) is 8.03. The summed E-state index contributed by atoms with van der Waals surface area (Å²) in [4.78, 5) is 10.8. The van der Waals surface area contributed by atoms with Crippen LogP contribution < -0.4 is 0 Å². The standard InChI is InChI=1S/C9H14O4/c1-6-9(2,11)5-7(13-6)4-8(10)12-3/h4,6,11H,5H2,1-3H3/b7-4-/t6-,9?/m0/s1. The lowest BCUT2D eigenvalue weighted by Crippen LogP contribution is -2.31. The van der Waals surface area contributed by atoms with E-state index in [1.807, 2.05) is 0 Å². The van der Waals surface area contributed by atoms with Crippen LogP contribution in [0.4, 0.5) is 0 Å². The van der Waals surface area contributed by atoms with Gasteiger partial charge in [-0.1, -0.05) is 0 Å².